The molecule has 0 saturated heterocycles. The molecule has 1 amide bonds. The maximum Gasteiger partial charge on any atom is 0.261 e. The molecule has 1 unspecified atom stereocenters. The first-order valence-corrected chi connectivity index (χ1v) is 6.98. The van der Waals surface area contributed by atoms with Crippen LogP contribution in [0, 0.1) is 0 Å². The van der Waals surface area contributed by atoms with E-state index in [9.17, 15) is 9.90 Å². The Hall–Kier alpha value is -1.75. The first-order valence-electron chi connectivity index (χ1n) is 6.98. The third kappa shape index (κ3) is 5.27. The molecule has 0 radical (unpaired) electrons. The molecule has 5 nitrogen and oxygen atoms in total. The van der Waals surface area contributed by atoms with E-state index < -0.39 is 12.2 Å². The van der Waals surface area contributed by atoms with E-state index in [1.807, 2.05) is 20.8 Å². The lowest BCUT2D eigenvalue weighted by Gasteiger charge is -2.24. The molecular weight excluding hydrogens is 270 g/mol. The molecule has 1 aromatic rings. The number of aliphatic hydroxyl groups excluding tert-OH is 1. The molecule has 0 aliphatic rings. The fraction of sp³-hybridized carbons (Fsp3) is 0.562. The second-order valence-electron chi connectivity index (χ2n) is 6.08. The zero-order chi connectivity index (χ0) is 16.2. The summed E-state index contributed by atoms with van der Waals surface area (Å²) in [7, 11) is 1.55. The van der Waals surface area contributed by atoms with Crippen LogP contribution >= 0.6 is 0 Å². The predicted molar refractivity (Wildman–Crippen MR) is 81.6 cm³/mol. The molecule has 0 bridgehead atoms. The predicted octanol–water partition coefficient (Wildman–Crippen LogP) is 2.43. The number of aliphatic hydroxyl groups is 1. The van der Waals surface area contributed by atoms with E-state index in [0.29, 0.717) is 17.1 Å². The van der Waals surface area contributed by atoms with Gasteiger partial charge in [0, 0.05) is 17.2 Å². The van der Waals surface area contributed by atoms with Crippen molar-refractivity contribution >= 4 is 5.91 Å². The molecule has 2 atom stereocenters. The lowest BCUT2D eigenvalue weighted by Crippen LogP contribution is -2.46. The van der Waals surface area contributed by atoms with Gasteiger partial charge in [0.1, 0.15) is 11.5 Å². The Bertz CT molecular complexity index is 492. The summed E-state index contributed by atoms with van der Waals surface area (Å²) in [6.07, 6.45) is -1.36. The second kappa shape index (κ2) is 6.80. The quantitative estimate of drug-likeness (QED) is 0.875. The topological polar surface area (TPSA) is 67.8 Å². The highest BCUT2D eigenvalue weighted by Crippen LogP contribution is 2.30. The summed E-state index contributed by atoms with van der Waals surface area (Å²) in [6.45, 7) is 9.04. The third-order valence-electron chi connectivity index (χ3n) is 2.84. The van der Waals surface area contributed by atoms with E-state index >= 15 is 0 Å². The number of amides is 1. The van der Waals surface area contributed by atoms with Crippen molar-refractivity contribution in [1.82, 2.24) is 5.32 Å². The molecule has 1 rings (SSSR count). The summed E-state index contributed by atoms with van der Waals surface area (Å²) in [5.41, 5.74) is 0.294. The Kier molecular flexibility index (Phi) is 5.61. The maximum absolute atomic E-state index is 12.1. The molecular formula is C16H25NO4. The van der Waals surface area contributed by atoms with Crippen molar-refractivity contribution in [2.75, 3.05) is 7.11 Å². The van der Waals surface area contributed by atoms with Crippen LogP contribution in [-0.4, -0.2) is 29.8 Å². The van der Waals surface area contributed by atoms with E-state index in [4.69, 9.17) is 9.47 Å². The minimum absolute atomic E-state index is 0.207. The van der Waals surface area contributed by atoms with Crippen molar-refractivity contribution in [3.8, 4) is 11.5 Å². The molecule has 118 valence electrons. The minimum Gasteiger partial charge on any atom is -0.497 e. The highest BCUT2D eigenvalue weighted by Gasteiger charge is 2.22. The molecule has 0 saturated carbocycles. The zero-order valence-electron chi connectivity index (χ0n) is 13.6. The van der Waals surface area contributed by atoms with E-state index in [1.54, 1.807) is 39.2 Å². The van der Waals surface area contributed by atoms with E-state index in [-0.39, 0.29) is 11.4 Å². The minimum atomic E-state index is -0.691. The largest absolute Gasteiger partial charge is 0.497 e. The van der Waals surface area contributed by atoms with Crippen LogP contribution in [0.3, 0.4) is 0 Å². The van der Waals surface area contributed by atoms with Gasteiger partial charge in [0.15, 0.2) is 6.10 Å². The van der Waals surface area contributed by atoms with E-state index in [0.717, 1.165) is 0 Å². The summed E-state index contributed by atoms with van der Waals surface area (Å²) in [5.74, 6) is 0.848. The van der Waals surface area contributed by atoms with Crippen molar-refractivity contribution in [1.29, 1.82) is 0 Å². The summed E-state index contributed by atoms with van der Waals surface area (Å²) >= 11 is 0. The Labute approximate surface area is 126 Å². The molecule has 0 aliphatic heterocycles. The normalized spacial score (nSPS) is 14.2. The smallest absolute Gasteiger partial charge is 0.261 e. The monoisotopic (exact) mass is 295 g/mol. The standard InChI is InChI=1S/C16H25NO4/c1-10(18)13-8-7-12(20-6)9-14(13)21-11(2)15(19)17-16(3,4)5/h7-11,18H,1-6H3,(H,17,19)/t10-,11?/m1/s1. The van der Waals surface area contributed by atoms with Gasteiger partial charge in [0.2, 0.25) is 0 Å². The molecule has 0 aliphatic carbocycles. The molecule has 0 aromatic heterocycles. The number of hydrogen-bond donors (Lipinski definition) is 2. The number of benzene rings is 1. The van der Waals surface area contributed by atoms with Crippen LogP contribution in [0.5, 0.6) is 11.5 Å². The number of carbonyl (C=O) groups is 1. The number of carbonyl (C=O) groups excluding carboxylic acids is 1. The van der Waals surface area contributed by atoms with E-state index in [2.05, 4.69) is 5.32 Å². The van der Waals surface area contributed by atoms with Crippen molar-refractivity contribution in [3.63, 3.8) is 0 Å². The van der Waals surface area contributed by atoms with Crippen LogP contribution in [0.4, 0.5) is 0 Å². The number of nitrogens with one attached hydrogen (secondary N) is 1. The van der Waals surface area contributed by atoms with Crippen molar-refractivity contribution in [2.45, 2.75) is 52.4 Å². The van der Waals surface area contributed by atoms with Crippen molar-refractivity contribution in [3.05, 3.63) is 23.8 Å². The lowest BCUT2D eigenvalue weighted by molar-refractivity contribution is -0.128. The van der Waals surface area contributed by atoms with Crippen LogP contribution in [0.15, 0.2) is 18.2 Å². The summed E-state index contributed by atoms with van der Waals surface area (Å²) < 4.78 is 10.9. The van der Waals surface area contributed by atoms with Gasteiger partial charge in [-0.15, -0.1) is 0 Å². The van der Waals surface area contributed by atoms with Gasteiger partial charge in [-0.1, -0.05) is 0 Å². The first-order chi connectivity index (χ1) is 9.64. The molecule has 0 spiro atoms. The first kappa shape index (κ1) is 17.3. The van der Waals surface area contributed by atoms with Gasteiger partial charge in [-0.25, -0.2) is 0 Å². The van der Waals surface area contributed by atoms with E-state index in [1.165, 1.54) is 0 Å². The number of hydrogen-bond acceptors (Lipinski definition) is 4. The lowest BCUT2D eigenvalue weighted by atomic mass is 10.1. The summed E-state index contributed by atoms with van der Waals surface area (Å²) in [4.78, 5) is 12.1. The second-order valence-corrected chi connectivity index (χ2v) is 6.08. The molecule has 1 aromatic carbocycles. The Morgan fingerprint density at radius 1 is 1.29 bits per heavy atom. The zero-order valence-corrected chi connectivity index (χ0v) is 13.6. The van der Waals surface area contributed by atoms with Gasteiger partial charge in [-0.3, -0.25) is 4.79 Å². The highest BCUT2D eigenvalue weighted by atomic mass is 16.5. The number of rotatable bonds is 5. The average Bonchev–Trinajstić information content (AvgIpc) is 2.36. The number of methoxy groups -OCH3 is 1. The van der Waals surface area contributed by atoms with Gasteiger partial charge in [0.05, 0.1) is 13.2 Å². The number of ether oxygens (including phenoxy) is 2. The van der Waals surface area contributed by atoms with Crippen LogP contribution < -0.4 is 14.8 Å². The fourth-order valence-corrected chi connectivity index (χ4v) is 1.80. The van der Waals surface area contributed by atoms with Gasteiger partial charge in [-0.05, 0) is 46.8 Å². The van der Waals surface area contributed by atoms with Crippen molar-refractivity contribution < 1.29 is 19.4 Å². The van der Waals surface area contributed by atoms with Gasteiger partial charge < -0.3 is 19.9 Å². The van der Waals surface area contributed by atoms with Gasteiger partial charge in [-0.2, -0.15) is 0 Å². The summed E-state index contributed by atoms with van der Waals surface area (Å²) in [5, 5.41) is 12.6. The Morgan fingerprint density at radius 2 is 1.90 bits per heavy atom. The molecule has 0 heterocycles. The SMILES string of the molecule is COc1ccc([C@@H](C)O)c(OC(C)C(=O)NC(C)(C)C)c1. The van der Waals surface area contributed by atoms with Crippen LogP contribution in [0.25, 0.3) is 0 Å². The average molecular weight is 295 g/mol. The highest BCUT2D eigenvalue weighted by molar-refractivity contribution is 5.81. The van der Waals surface area contributed by atoms with Crippen LogP contribution in [-0.2, 0) is 4.79 Å². The van der Waals surface area contributed by atoms with Crippen LogP contribution in [0.1, 0.15) is 46.3 Å². The van der Waals surface area contributed by atoms with Gasteiger partial charge in [0.25, 0.3) is 5.91 Å². The molecule has 2 N–H and O–H groups in total. The maximum atomic E-state index is 12.1. The third-order valence-corrected chi connectivity index (χ3v) is 2.84. The Balaban J connectivity index is 2.92. The molecule has 21 heavy (non-hydrogen) atoms. The molecule has 5 heteroatoms. The summed E-state index contributed by atoms with van der Waals surface area (Å²) in [6, 6.07) is 5.14. The Morgan fingerprint density at radius 3 is 2.38 bits per heavy atom. The fourth-order valence-electron chi connectivity index (χ4n) is 1.80. The molecule has 0 fully saturated rings. The van der Waals surface area contributed by atoms with Gasteiger partial charge >= 0.3 is 0 Å². The van der Waals surface area contributed by atoms with Crippen molar-refractivity contribution in [2.24, 2.45) is 0 Å². The van der Waals surface area contributed by atoms with Crippen LogP contribution in [0.2, 0.25) is 0 Å².